The summed E-state index contributed by atoms with van der Waals surface area (Å²) in [6.07, 6.45) is -0.192. The SMILES string of the molecule is O=C(CBr)C1C2CCCC2CN1C(=O)C(F)F. The van der Waals surface area contributed by atoms with E-state index in [0.29, 0.717) is 6.54 Å². The molecule has 1 aliphatic carbocycles. The van der Waals surface area contributed by atoms with Gasteiger partial charge in [0.25, 0.3) is 5.91 Å². The van der Waals surface area contributed by atoms with Crippen LogP contribution in [0.15, 0.2) is 0 Å². The molecule has 2 rings (SSSR count). The van der Waals surface area contributed by atoms with Gasteiger partial charge in [-0.15, -0.1) is 0 Å². The molecule has 3 nitrogen and oxygen atoms in total. The number of hydrogen-bond acceptors (Lipinski definition) is 2. The summed E-state index contributed by atoms with van der Waals surface area (Å²) >= 11 is 3.06. The summed E-state index contributed by atoms with van der Waals surface area (Å²) in [5, 5.41) is 0.119. The second kappa shape index (κ2) is 5.00. The van der Waals surface area contributed by atoms with E-state index in [4.69, 9.17) is 0 Å². The Morgan fingerprint density at radius 3 is 2.65 bits per heavy atom. The Bertz CT molecular complexity index is 337. The molecule has 1 amide bonds. The van der Waals surface area contributed by atoms with E-state index >= 15 is 0 Å². The molecule has 0 aromatic rings. The van der Waals surface area contributed by atoms with Gasteiger partial charge < -0.3 is 4.90 Å². The number of amides is 1. The molecule has 0 bridgehead atoms. The molecule has 6 heteroatoms. The van der Waals surface area contributed by atoms with Crippen LogP contribution in [0.25, 0.3) is 0 Å². The molecule has 0 radical (unpaired) electrons. The fourth-order valence-corrected chi connectivity index (χ4v) is 3.48. The number of fused-ring (bicyclic) bond motifs is 1. The van der Waals surface area contributed by atoms with Gasteiger partial charge in [0.05, 0.1) is 11.4 Å². The van der Waals surface area contributed by atoms with Crippen LogP contribution in [0.5, 0.6) is 0 Å². The van der Waals surface area contributed by atoms with Crippen molar-refractivity contribution in [3.8, 4) is 0 Å². The van der Waals surface area contributed by atoms with Crippen molar-refractivity contribution in [2.75, 3.05) is 11.9 Å². The average molecular weight is 310 g/mol. The number of carbonyl (C=O) groups excluding carboxylic acids is 2. The van der Waals surface area contributed by atoms with Gasteiger partial charge in [0.1, 0.15) is 0 Å². The van der Waals surface area contributed by atoms with Crippen LogP contribution in [-0.4, -0.2) is 40.9 Å². The van der Waals surface area contributed by atoms with Crippen molar-refractivity contribution in [1.82, 2.24) is 4.90 Å². The highest BCUT2D eigenvalue weighted by Crippen LogP contribution is 2.42. The molecule has 1 aliphatic heterocycles. The van der Waals surface area contributed by atoms with Crippen LogP contribution in [0.4, 0.5) is 8.78 Å². The minimum Gasteiger partial charge on any atom is -0.327 e. The maximum absolute atomic E-state index is 12.5. The van der Waals surface area contributed by atoms with Gasteiger partial charge in [0.2, 0.25) is 0 Å². The van der Waals surface area contributed by atoms with E-state index < -0.39 is 18.4 Å². The second-order valence-electron chi connectivity index (χ2n) is 4.69. The Hall–Kier alpha value is -0.520. The van der Waals surface area contributed by atoms with E-state index in [2.05, 4.69) is 15.9 Å². The molecule has 3 atom stereocenters. The standard InChI is InChI=1S/C11H14BrF2NO2/c12-4-8(16)9-7-3-1-2-6(7)5-15(9)11(17)10(13)14/h6-7,9-10H,1-5H2. The Morgan fingerprint density at radius 2 is 2.06 bits per heavy atom. The molecule has 0 aromatic heterocycles. The van der Waals surface area contributed by atoms with E-state index in [0.717, 1.165) is 24.2 Å². The number of hydrogen-bond donors (Lipinski definition) is 0. The Balaban J connectivity index is 2.20. The smallest absolute Gasteiger partial charge is 0.315 e. The fourth-order valence-electron chi connectivity index (χ4n) is 3.15. The predicted octanol–water partition coefficient (Wildman–Crippen LogP) is 1.84. The van der Waals surface area contributed by atoms with Crippen molar-refractivity contribution >= 4 is 27.6 Å². The summed E-state index contributed by atoms with van der Waals surface area (Å²) < 4.78 is 25.0. The van der Waals surface area contributed by atoms with E-state index in [1.165, 1.54) is 0 Å². The minimum atomic E-state index is -3.01. The molecule has 1 saturated carbocycles. The summed E-state index contributed by atoms with van der Waals surface area (Å²) in [7, 11) is 0. The summed E-state index contributed by atoms with van der Waals surface area (Å²) in [6.45, 7) is 0.317. The lowest BCUT2D eigenvalue weighted by Crippen LogP contribution is -2.46. The topological polar surface area (TPSA) is 37.4 Å². The predicted molar refractivity (Wildman–Crippen MR) is 61.1 cm³/mol. The number of rotatable bonds is 3. The van der Waals surface area contributed by atoms with Crippen LogP contribution in [0.3, 0.4) is 0 Å². The summed E-state index contributed by atoms with van der Waals surface area (Å²) in [5.41, 5.74) is 0. The van der Waals surface area contributed by atoms with Crippen LogP contribution in [0.1, 0.15) is 19.3 Å². The molecule has 96 valence electrons. The molecule has 1 saturated heterocycles. The van der Waals surface area contributed by atoms with E-state index in [1.807, 2.05) is 0 Å². The van der Waals surface area contributed by atoms with E-state index in [9.17, 15) is 18.4 Å². The molecule has 17 heavy (non-hydrogen) atoms. The lowest BCUT2D eigenvalue weighted by molar-refractivity contribution is -0.147. The van der Waals surface area contributed by atoms with E-state index in [1.54, 1.807) is 0 Å². The molecular weight excluding hydrogens is 296 g/mol. The summed E-state index contributed by atoms with van der Waals surface area (Å²) in [5.74, 6) is -1.04. The Kier molecular flexibility index (Phi) is 3.80. The van der Waals surface area contributed by atoms with Crippen LogP contribution < -0.4 is 0 Å². The van der Waals surface area contributed by atoms with Crippen molar-refractivity contribution in [3.63, 3.8) is 0 Å². The summed E-state index contributed by atoms with van der Waals surface area (Å²) in [6, 6.07) is -0.636. The Morgan fingerprint density at radius 1 is 1.35 bits per heavy atom. The third-order valence-corrected chi connectivity index (χ3v) is 4.37. The highest BCUT2D eigenvalue weighted by atomic mass is 79.9. The van der Waals surface area contributed by atoms with Crippen molar-refractivity contribution < 1.29 is 18.4 Å². The molecule has 0 N–H and O–H groups in total. The van der Waals surface area contributed by atoms with Gasteiger partial charge in [-0.3, -0.25) is 9.59 Å². The second-order valence-corrected chi connectivity index (χ2v) is 5.25. The van der Waals surface area contributed by atoms with Crippen LogP contribution in [0.2, 0.25) is 0 Å². The van der Waals surface area contributed by atoms with Gasteiger partial charge in [0, 0.05) is 6.54 Å². The summed E-state index contributed by atoms with van der Waals surface area (Å²) in [4.78, 5) is 24.3. The number of likely N-dealkylation sites (tertiary alicyclic amines) is 1. The zero-order chi connectivity index (χ0) is 12.6. The largest absolute Gasteiger partial charge is 0.327 e. The van der Waals surface area contributed by atoms with Crippen molar-refractivity contribution in [3.05, 3.63) is 0 Å². The molecular formula is C11H14BrF2NO2. The lowest BCUT2D eigenvalue weighted by atomic mass is 9.92. The number of halogens is 3. The van der Waals surface area contributed by atoms with E-state index in [-0.39, 0.29) is 22.9 Å². The van der Waals surface area contributed by atoms with Crippen LogP contribution in [0, 0.1) is 11.8 Å². The maximum atomic E-state index is 12.5. The molecule has 2 aliphatic rings. The fraction of sp³-hybridized carbons (Fsp3) is 0.818. The zero-order valence-electron chi connectivity index (χ0n) is 9.24. The third kappa shape index (κ3) is 2.23. The van der Waals surface area contributed by atoms with Gasteiger partial charge in [-0.05, 0) is 24.7 Å². The monoisotopic (exact) mass is 309 g/mol. The van der Waals surface area contributed by atoms with Gasteiger partial charge in [-0.25, -0.2) is 0 Å². The molecule has 0 spiro atoms. The Labute approximate surface area is 107 Å². The van der Waals surface area contributed by atoms with Gasteiger partial charge in [0.15, 0.2) is 5.78 Å². The van der Waals surface area contributed by atoms with Gasteiger partial charge in [-0.2, -0.15) is 8.78 Å². The molecule has 0 aromatic carbocycles. The highest BCUT2D eigenvalue weighted by molar-refractivity contribution is 9.09. The first-order valence-corrected chi connectivity index (χ1v) is 6.85. The van der Waals surface area contributed by atoms with Crippen molar-refractivity contribution in [2.45, 2.75) is 31.7 Å². The first kappa shape index (κ1) is 12.9. The highest BCUT2D eigenvalue weighted by Gasteiger charge is 2.49. The average Bonchev–Trinajstić information content (AvgIpc) is 2.85. The molecule has 1 heterocycles. The van der Waals surface area contributed by atoms with Crippen molar-refractivity contribution in [1.29, 1.82) is 0 Å². The van der Waals surface area contributed by atoms with Crippen LogP contribution >= 0.6 is 15.9 Å². The molecule has 3 unspecified atom stereocenters. The van der Waals surface area contributed by atoms with Gasteiger partial charge >= 0.3 is 6.43 Å². The number of carbonyl (C=O) groups is 2. The quantitative estimate of drug-likeness (QED) is 0.746. The zero-order valence-corrected chi connectivity index (χ0v) is 10.8. The lowest BCUT2D eigenvalue weighted by Gasteiger charge is -2.25. The maximum Gasteiger partial charge on any atom is 0.315 e. The number of alkyl halides is 3. The first-order chi connectivity index (χ1) is 8.06. The normalized spacial score (nSPS) is 32.0. The number of ketones is 1. The van der Waals surface area contributed by atoms with Gasteiger partial charge in [-0.1, -0.05) is 22.4 Å². The minimum absolute atomic E-state index is 0.0859. The van der Waals surface area contributed by atoms with Crippen molar-refractivity contribution in [2.24, 2.45) is 11.8 Å². The first-order valence-electron chi connectivity index (χ1n) is 5.73. The molecule has 2 fully saturated rings. The number of Topliss-reactive ketones (excluding diaryl/α,β-unsaturated/α-hetero) is 1. The number of nitrogens with zero attached hydrogens (tertiary/aromatic N) is 1. The van der Waals surface area contributed by atoms with Crippen LogP contribution in [-0.2, 0) is 9.59 Å². The third-order valence-electron chi connectivity index (χ3n) is 3.82.